The SMILES string of the molecule is O=C(Cl)CN1CCN(CCO)CC1. The number of carbonyl (C=O) groups excluding carboxylic acids is 1. The number of β-amino-alcohol motifs (C(OH)–C–C–N with tert-alkyl or cyclic N) is 1. The molecule has 0 saturated carbocycles. The number of aliphatic hydroxyl groups excluding tert-OH is 1. The van der Waals surface area contributed by atoms with E-state index in [4.69, 9.17) is 16.7 Å². The molecule has 1 heterocycles. The van der Waals surface area contributed by atoms with Gasteiger partial charge in [0.15, 0.2) is 0 Å². The third kappa shape index (κ3) is 4.04. The Hall–Kier alpha value is -0.160. The van der Waals surface area contributed by atoms with Crippen LogP contribution in [0.15, 0.2) is 0 Å². The number of piperazine rings is 1. The maximum absolute atomic E-state index is 10.6. The lowest BCUT2D eigenvalue weighted by Gasteiger charge is -2.33. The van der Waals surface area contributed by atoms with Crippen molar-refractivity contribution in [2.24, 2.45) is 0 Å². The number of carbonyl (C=O) groups is 1. The minimum atomic E-state index is -0.296. The summed E-state index contributed by atoms with van der Waals surface area (Å²) in [5.74, 6) is 0. The summed E-state index contributed by atoms with van der Waals surface area (Å²) in [6.07, 6.45) is 0. The zero-order valence-electron chi connectivity index (χ0n) is 7.58. The summed E-state index contributed by atoms with van der Waals surface area (Å²) in [4.78, 5) is 14.8. The Morgan fingerprint density at radius 1 is 1.23 bits per heavy atom. The fourth-order valence-corrected chi connectivity index (χ4v) is 1.66. The lowest BCUT2D eigenvalue weighted by atomic mass is 10.3. The summed E-state index contributed by atoms with van der Waals surface area (Å²) in [5, 5.41) is 8.40. The van der Waals surface area contributed by atoms with E-state index in [1.54, 1.807) is 0 Å². The summed E-state index contributed by atoms with van der Waals surface area (Å²) in [6.45, 7) is 4.80. The predicted octanol–water partition coefficient (Wildman–Crippen LogP) is -0.638. The van der Waals surface area contributed by atoms with Crippen LogP contribution in [0.25, 0.3) is 0 Å². The second kappa shape index (κ2) is 5.54. The van der Waals surface area contributed by atoms with Crippen LogP contribution in [0.5, 0.6) is 0 Å². The average Bonchev–Trinajstić information content (AvgIpc) is 2.08. The van der Waals surface area contributed by atoms with Crippen LogP contribution >= 0.6 is 11.6 Å². The smallest absolute Gasteiger partial charge is 0.235 e. The number of hydrogen-bond donors (Lipinski definition) is 1. The molecule has 0 aromatic heterocycles. The Bertz CT molecular complexity index is 170. The number of nitrogens with zero attached hydrogens (tertiary/aromatic N) is 2. The van der Waals surface area contributed by atoms with E-state index in [0.717, 1.165) is 32.7 Å². The molecule has 4 nitrogen and oxygen atoms in total. The first-order valence-corrected chi connectivity index (χ1v) is 4.84. The van der Waals surface area contributed by atoms with Crippen LogP contribution in [-0.2, 0) is 4.79 Å². The summed E-state index contributed by atoms with van der Waals surface area (Å²) in [5.41, 5.74) is 0. The minimum Gasteiger partial charge on any atom is -0.395 e. The van der Waals surface area contributed by atoms with Crippen molar-refractivity contribution in [3.05, 3.63) is 0 Å². The van der Waals surface area contributed by atoms with Crippen molar-refractivity contribution in [3.8, 4) is 0 Å². The van der Waals surface area contributed by atoms with Crippen LogP contribution in [0, 0.1) is 0 Å². The highest BCUT2D eigenvalue weighted by molar-refractivity contribution is 6.64. The van der Waals surface area contributed by atoms with Crippen LogP contribution in [0.3, 0.4) is 0 Å². The Morgan fingerprint density at radius 3 is 2.23 bits per heavy atom. The van der Waals surface area contributed by atoms with Gasteiger partial charge in [0.2, 0.25) is 5.24 Å². The fraction of sp³-hybridized carbons (Fsp3) is 0.875. The van der Waals surface area contributed by atoms with Gasteiger partial charge in [-0.1, -0.05) is 0 Å². The molecule has 0 unspecified atom stereocenters. The topological polar surface area (TPSA) is 43.8 Å². The Morgan fingerprint density at radius 2 is 1.77 bits per heavy atom. The zero-order valence-corrected chi connectivity index (χ0v) is 8.33. The predicted molar refractivity (Wildman–Crippen MR) is 50.8 cm³/mol. The van der Waals surface area contributed by atoms with Crippen LogP contribution in [0.1, 0.15) is 0 Å². The molecule has 1 aliphatic heterocycles. The summed E-state index contributed by atoms with van der Waals surface area (Å²) in [7, 11) is 0. The van der Waals surface area contributed by atoms with Gasteiger partial charge in [0.25, 0.3) is 0 Å². The third-order valence-corrected chi connectivity index (χ3v) is 2.35. The number of hydrogen-bond acceptors (Lipinski definition) is 4. The first kappa shape index (κ1) is 10.9. The van der Waals surface area contributed by atoms with Gasteiger partial charge in [-0.3, -0.25) is 14.6 Å². The first-order valence-electron chi connectivity index (χ1n) is 4.46. The molecule has 1 saturated heterocycles. The van der Waals surface area contributed by atoms with Crippen molar-refractivity contribution < 1.29 is 9.90 Å². The maximum Gasteiger partial charge on any atom is 0.235 e. The van der Waals surface area contributed by atoms with Gasteiger partial charge in [-0.15, -0.1) is 0 Å². The monoisotopic (exact) mass is 206 g/mol. The van der Waals surface area contributed by atoms with Gasteiger partial charge in [-0.2, -0.15) is 0 Å². The molecule has 1 aliphatic rings. The summed E-state index contributed by atoms with van der Waals surface area (Å²) in [6, 6.07) is 0. The lowest BCUT2D eigenvalue weighted by molar-refractivity contribution is -0.113. The molecule has 1 N–H and O–H groups in total. The van der Waals surface area contributed by atoms with Gasteiger partial charge in [-0.25, -0.2) is 0 Å². The minimum absolute atomic E-state index is 0.203. The molecule has 0 spiro atoms. The summed E-state index contributed by atoms with van der Waals surface area (Å²) >= 11 is 5.27. The van der Waals surface area contributed by atoms with Crippen LogP contribution in [0.2, 0.25) is 0 Å². The normalized spacial score (nSPS) is 20.5. The van der Waals surface area contributed by atoms with Crippen LogP contribution < -0.4 is 0 Å². The van der Waals surface area contributed by atoms with E-state index in [9.17, 15) is 4.79 Å². The van der Waals surface area contributed by atoms with Gasteiger partial charge in [0, 0.05) is 32.7 Å². The Labute approximate surface area is 83.1 Å². The van der Waals surface area contributed by atoms with E-state index in [0.29, 0.717) is 6.54 Å². The van der Waals surface area contributed by atoms with Gasteiger partial charge in [-0.05, 0) is 11.6 Å². The van der Waals surface area contributed by atoms with E-state index in [1.807, 2.05) is 4.90 Å². The molecule has 0 bridgehead atoms. The van der Waals surface area contributed by atoms with Gasteiger partial charge in [0.1, 0.15) is 0 Å². The van der Waals surface area contributed by atoms with Crippen molar-refractivity contribution in [2.75, 3.05) is 45.9 Å². The summed E-state index contributed by atoms with van der Waals surface area (Å²) < 4.78 is 0. The second-order valence-electron chi connectivity index (χ2n) is 3.20. The fourth-order valence-electron chi connectivity index (χ4n) is 1.49. The molecule has 13 heavy (non-hydrogen) atoms. The van der Waals surface area contributed by atoms with Gasteiger partial charge >= 0.3 is 0 Å². The quantitative estimate of drug-likeness (QED) is 0.622. The van der Waals surface area contributed by atoms with Crippen LogP contribution in [-0.4, -0.2) is 66.0 Å². The van der Waals surface area contributed by atoms with Gasteiger partial charge < -0.3 is 5.11 Å². The van der Waals surface area contributed by atoms with Crippen molar-refractivity contribution in [1.29, 1.82) is 0 Å². The van der Waals surface area contributed by atoms with Crippen molar-refractivity contribution in [1.82, 2.24) is 9.80 Å². The standard InChI is InChI=1S/C8H15ClN2O2/c9-8(13)7-11-3-1-10(2-4-11)5-6-12/h12H,1-7H2. The van der Waals surface area contributed by atoms with Crippen molar-refractivity contribution in [2.45, 2.75) is 0 Å². The maximum atomic E-state index is 10.6. The molecule has 76 valence electrons. The molecule has 0 atom stereocenters. The number of aliphatic hydroxyl groups is 1. The Kier molecular flexibility index (Phi) is 4.66. The van der Waals surface area contributed by atoms with E-state index in [2.05, 4.69) is 4.90 Å². The van der Waals surface area contributed by atoms with E-state index >= 15 is 0 Å². The molecule has 1 rings (SSSR count). The molecule has 1 fully saturated rings. The lowest BCUT2D eigenvalue weighted by Crippen LogP contribution is -2.48. The molecular weight excluding hydrogens is 192 g/mol. The number of halogens is 1. The molecule has 0 aliphatic carbocycles. The largest absolute Gasteiger partial charge is 0.395 e. The highest BCUT2D eigenvalue weighted by Gasteiger charge is 2.17. The van der Waals surface area contributed by atoms with Crippen LogP contribution in [0.4, 0.5) is 0 Å². The molecule has 5 heteroatoms. The zero-order chi connectivity index (χ0) is 9.68. The van der Waals surface area contributed by atoms with E-state index in [1.165, 1.54) is 0 Å². The van der Waals surface area contributed by atoms with E-state index in [-0.39, 0.29) is 11.8 Å². The highest BCUT2D eigenvalue weighted by Crippen LogP contribution is 2.01. The highest BCUT2D eigenvalue weighted by atomic mass is 35.5. The average molecular weight is 207 g/mol. The molecule has 0 amide bonds. The number of rotatable bonds is 4. The first-order chi connectivity index (χ1) is 6.22. The second-order valence-corrected chi connectivity index (χ2v) is 3.62. The van der Waals surface area contributed by atoms with E-state index < -0.39 is 0 Å². The molecule has 0 aromatic carbocycles. The third-order valence-electron chi connectivity index (χ3n) is 2.23. The van der Waals surface area contributed by atoms with Crippen molar-refractivity contribution >= 4 is 16.8 Å². The van der Waals surface area contributed by atoms with Gasteiger partial charge in [0.05, 0.1) is 13.2 Å². The molecular formula is C8H15ClN2O2. The molecule has 0 radical (unpaired) electrons. The molecule has 0 aromatic rings. The van der Waals surface area contributed by atoms with Crippen molar-refractivity contribution in [3.63, 3.8) is 0 Å². The Balaban J connectivity index is 2.18.